The quantitative estimate of drug-likeness (QED) is 0.598. The van der Waals surface area contributed by atoms with Gasteiger partial charge in [0.15, 0.2) is 0 Å². The maximum Gasteiger partial charge on any atom is 0.115 e. The molecule has 1 heterocycles. The third-order valence-corrected chi connectivity index (χ3v) is 0.896. The van der Waals surface area contributed by atoms with E-state index < -0.39 is 13.0 Å². The molecule has 9 heavy (non-hydrogen) atoms. The Morgan fingerprint density at radius 2 is 2.33 bits per heavy atom. The van der Waals surface area contributed by atoms with Gasteiger partial charge < -0.3 is 5.11 Å². The van der Waals surface area contributed by atoms with E-state index in [1.165, 1.54) is 18.7 Å². The minimum atomic E-state index is -2.41. The van der Waals surface area contributed by atoms with Gasteiger partial charge in [-0.25, -0.2) is 9.97 Å². The Morgan fingerprint density at radius 1 is 1.67 bits per heavy atom. The molecule has 1 atom stereocenters. The van der Waals surface area contributed by atoms with Gasteiger partial charge in [0.1, 0.15) is 6.33 Å². The Labute approximate surface area is 57.6 Å². The van der Waals surface area contributed by atoms with Gasteiger partial charge in [-0.1, -0.05) is 0 Å². The lowest BCUT2D eigenvalue weighted by Gasteiger charge is -1.99. The molecule has 0 aromatic carbocycles. The monoisotopic (exact) mass is 127 g/mol. The summed E-state index contributed by atoms with van der Waals surface area (Å²) in [5.41, 5.74) is 0.206. The third-order valence-electron chi connectivity index (χ3n) is 0.896. The number of aromatic nitrogens is 2. The van der Waals surface area contributed by atoms with Crippen molar-refractivity contribution in [2.75, 3.05) is 0 Å². The maximum absolute atomic E-state index is 9.21. The fourth-order valence-electron chi connectivity index (χ4n) is 0.452. The Kier molecular flexibility index (Phi) is 0.926. The number of hydrogen-bond acceptors (Lipinski definition) is 3. The molecule has 1 aromatic rings. The van der Waals surface area contributed by atoms with Crippen molar-refractivity contribution in [2.45, 2.75) is 13.0 Å². The van der Waals surface area contributed by atoms with Gasteiger partial charge in [-0.2, -0.15) is 0 Å². The zero-order valence-electron chi connectivity index (χ0n) is 7.65. The molecule has 0 radical (unpaired) electrons. The summed E-state index contributed by atoms with van der Waals surface area (Å²) in [6.45, 7) is -2.41. The van der Waals surface area contributed by atoms with Crippen LogP contribution < -0.4 is 0 Å². The summed E-state index contributed by atoms with van der Waals surface area (Å²) in [6.07, 6.45) is 2.34. The van der Waals surface area contributed by atoms with E-state index in [4.69, 9.17) is 4.11 Å². The standard InChI is InChI=1S/C6H8N2O/c1-5(9)6-2-7-4-8-3-6/h2-5,9H,1H3/i1D3. The van der Waals surface area contributed by atoms with Crippen molar-refractivity contribution in [2.24, 2.45) is 0 Å². The SMILES string of the molecule is [2H]C([2H])([2H])C(O)c1cncnc1. The molecule has 1 N–H and O–H groups in total. The van der Waals surface area contributed by atoms with Crippen molar-refractivity contribution in [3.05, 3.63) is 24.3 Å². The van der Waals surface area contributed by atoms with E-state index in [1.54, 1.807) is 0 Å². The van der Waals surface area contributed by atoms with Crippen LogP contribution in [0.3, 0.4) is 0 Å². The highest BCUT2D eigenvalue weighted by atomic mass is 16.3. The topological polar surface area (TPSA) is 46.0 Å². The maximum atomic E-state index is 9.21. The first kappa shape index (κ1) is 3.27. The summed E-state index contributed by atoms with van der Waals surface area (Å²) in [5.74, 6) is 0. The molecule has 0 aliphatic rings. The molecule has 1 unspecified atom stereocenters. The highest BCUT2D eigenvalue weighted by molar-refractivity contribution is 5.04. The van der Waals surface area contributed by atoms with Crippen LogP contribution in [0.2, 0.25) is 0 Å². The number of rotatable bonds is 1. The van der Waals surface area contributed by atoms with Crippen molar-refractivity contribution in [3.8, 4) is 0 Å². The van der Waals surface area contributed by atoms with Crippen molar-refractivity contribution in [1.82, 2.24) is 9.97 Å². The van der Waals surface area contributed by atoms with Crippen LogP contribution in [0.15, 0.2) is 18.7 Å². The Bertz CT molecular complexity index is 249. The van der Waals surface area contributed by atoms with E-state index in [1.807, 2.05) is 0 Å². The first-order valence-corrected chi connectivity index (χ1v) is 2.45. The molecule has 0 saturated carbocycles. The van der Waals surface area contributed by atoms with Crippen LogP contribution >= 0.6 is 0 Å². The molecule has 0 aliphatic carbocycles. The Morgan fingerprint density at radius 3 is 2.89 bits per heavy atom. The van der Waals surface area contributed by atoms with Crippen LogP contribution in [0, 0.1) is 0 Å². The van der Waals surface area contributed by atoms with E-state index in [0.717, 1.165) is 0 Å². The largest absolute Gasteiger partial charge is 0.389 e. The molecule has 1 rings (SSSR count). The highest BCUT2D eigenvalue weighted by Gasteiger charge is 1.97. The summed E-state index contributed by atoms with van der Waals surface area (Å²) < 4.78 is 20.7. The third kappa shape index (κ3) is 1.47. The van der Waals surface area contributed by atoms with Crippen molar-refractivity contribution >= 4 is 0 Å². The zero-order chi connectivity index (χ0) is 9.19. The average molecular weight is 127 g/mol. The molecule has 1 aromatic heterocycles. The van der Waals surface area contributed by atoms with E-state index in [-0.39, 0.29) is 5.56 Å². The lowest BCUT2D eigenvalue weighted by Crippen LogP contribution is -1.91. The fourth-order valence-corrected chi connectivity index (χ4v) is 0.452. The summed E-state index contributed by atoms with van der Waals surface area (Å²) in [7, 11) is 0. The van der Waals surface area contributed by atoms with Crippen LogP contribution in [0.4, 0.5) is 0 Å². The van der Waals surface area contributed by atoms with E-state index >= 15 is 0 Å². The van der Waals surface area contributed by atoms with Gasteiger partial charge in [0.05, 0.1) is 6.10 Å². The first-order chi connectivity index (χ1) is 5.52. The van der Waals surface area contributed by atoms with Crippen molar-refractivity contribution in [3.63, 3.8) is 0 Å². The van der Waals surface area contributed by atoms with Gasteiger partial charge in [0.2, 0.25) is 0 Å². The lowest BCUT2D eigenvalue weighted by atomic mass is 10.2. The normalized spacial score (nSPS) is 19.4. The molecule has 0 amide bonds. The lowest BCUT2D eigenvalue weighted by molar-refractivity contribution is 0.198. The van der Waals surface area contributed by atoms with Gasteiger partial charge in [-0.05, 0) is 6.85 Å². The molecule has 48 valence electrons. The molecule has 3 nitrogen and oxygen atoms in total. The van der Waals surface area contributed by atoms with Gasteiger partial charge >= 0.3 is 0 Å². The minimum absolute atomic E-state index is 0.206. The summed E-state index contributed by atoms with van der Waals surface area (Å²) in [4.78, 5) is 7.20. The molecule has 0 saturated heterocycles. The Balaban J connectivity index is 2.86. The predicted molar refractivity (Wildman–Crippen MR) is 32.7 cm³/mol. The fraction of sp³-hybridized carbons (Fsp3) is 0.333. The van der Waals surface area contributed by atoms with Crippen molar-refractivity contribution < 1.29 is 9.22 Å². The second-order valence-electron chi connectivity index (χ2n) is 1.57. The molecule has 0 bridgehead atoms. The predicted octanol–water partition coefficient (Wildman–Crippen LogP) is 0.530. The molecule has 3 heteroatoms. The van der Waals surface area contributed by atoms with Crippen LogP contribution in [0.5, 0.6) is 0 Å². The number of hydrogen-bond donors (Lipinski definition) is 1. The van der Waals surface area contributed by atoms with Gasteiger partial charge in [-0.3, -0.25) is 0 Å². The van der Waals surface area contributed by atoms with Gasteiger partial charge in [0.25, 0.3) is 0 Å². The molecule has 0 fully saturated rings. The second kappa shape index (κ2) is 2.55. The second-order valence-corrected chi connectivity index (χ2v) is 1.57. The van der Waals surface area contributed by atoms with Crippen LogP contribution in [0.25, 0.3) is 0 Å². The number of aliphatic hydroxyl groups is 1. The van der Waals surface area contributed by atoms with Crippen LogP contribution in [-0.4, -0.2) is 15.1 Å². The van der Waals surface area contributed by atoms with Crippen LogP contribution in [0.1, 0.15) is 22.6 Å². The van der Waals surface area contributed by atoms with E-state index in [9.17, 15) is 5.11 Å². The highest BCUT2D eigenvalue weighted by Crippen LogP contribution is 2.05. The van der Waals surface area contributed by atoms with Gasteiger partial charge in [0, 0.05) is 22.1 Å². The average Bonchev–Trinajstić information content (AvgIpc) is 2.03. The molecular formula is C6H8N2O. The van der Waals surface area contributed by atoms with Crippen LogP contribution in [-0.2, 0) is 0 Å². The molecule has 0 spiro atoms. The van der Waals surface area contributed by atoms with E-state index in [0.29, 0.717) is 0 Å². The van der Waals surface area contributed by atoms with Crippen molar-refractivity contribution in [1.29, 1.82) is 0 Å². The van der Waals surface area contributed by atoms with E-state index in [2.05, 4.69) is 9.97 Å². The number of aliphatic hydroxyl groups excluding tert-OH is 1. The Hall–Kier alpha value is -0.960. The first-order valence-electron chi connectivity index (χ1n) is 3.95. The van der Waals surface area contributed by atoms with Gasteiger partial charge in [-0.15, -0.1) is 0 Å². The summed E-state index contributed by atoms with van der Waals surface area (Å²) in [6, 6.07) is 0. The molecule has 0 aliphatic heterocycles. The molecular weight excluding hydrogens is 116 g/mol. The summed E-state index contributed by atoms with van der Waals surface area (Å²) >= 11 is 0. The summed E-state index contributed by atoms with van der Waals surface area (Å²) in [5, 5.41) is 9.21. The zero-order valence-corrected chi connectivity index (χ0v) is 4.65. The smallest absolute Gasteiger partial charge is 0.115 e. The number of nitrogens with zero attached hydrogens (tertiary/aromatic N) is 2. The minimum Gasteiger partial charge on any atom is -0.389 e.